The van der Waals surface area contributed by atoms with E-state index in [0.29, 0.717) is 13.1 Å². The van der Waals surface area contributed by atoms with Crippen molar-refractivity contribution < 1.29 is 14.3 Å². The van der Waals surface area contributed by atoms with E-state index in [0.717, 1.165) is 19.4 Å². The zero-order valence-corrected chi connectivity index (χ0v) is 13.4. The number of halogens is 1. The van der Waals surface area contributed by atoms with Crippen molar-refractivity contribution in [3.63, 3.8) is 0 Å². The molecule has 6 nitrogen and oxygen atoms in total. The fourth-order valence-corrected chi connectivity index (χ4v) is 4.08. The summed E-state index contributed by atoms with van der Waals surface area (Å²) in [6.45, 7) is 5.92. The molecule has 1 saturated carbocycles. The summed E-state index contributed by atoms with van der Waals surface area (Å²) < 4.78 is 5.82. The van der Waals surface area contributed by atoms with Gasteiger partial charge in [0.2, 0.25) is 11.8 Å². The van der Waals surface area contributed by atoms with E-state index in [2.05, 4.69) is 5.32 Å². The summed E-state index contributed by atoms with van der Waals surface area (Å²) in [7, 11) is 0. The highest BCUT2D eigenvalue weighted by Crippen LogP contribution is 2.57. The quantitative estimate of drug-likeness (QED) is 0.707. The lowest BCUT2D eigenvalue weighted by molar-refractivity contribution is -0.230. The van der Waals surface area contributed by atoms with Crippen molar-refractivity contribution in [1.29, 1.82) is 0 Å². The Morgan fingerprint density at radius 2 is 2.19 bits per heavy atom. The average Bonchev–Trinajstić information content (AvgIpc) is 2.45. The van der Waals surface area contributed by atoms with Crippen molar-refractivity contribution in [3.05, 3.63) is 0 Å². The smallest absolute Gasteiger partial charge is 0.244 e. The standard InChI is InChI=1S/C14H23N3O3.ClH/c1-13(2)11-9(4-3-7-20-11)14(13,15)12(19)17-6-5-16-10(18)8-17;/h9,11H,3-8,15H2,1-2H3,(H,16,18);1H. The molecule has 7 heteroatoms. The van der Waals surface area contributed by atoms with Crippen LogP contribution in [0.15, 0.2) is 0 Å². The lowest BCUT2D eigenvalue weighted by Gasteiger charge is -2.65. The van der Waals surface area contributed by atoms with Crippen LogP contribution in [0.25, 0.3) is 0 Å². The van der Waals surface area contributed by atoms with Crippen molar-refractivity contribution in [3.8, 4) is 0 Å². The summed E-state index contributed by atoms with van der Waals surface area (Å²) >= 11 is 0. The topological polar surface area (TPSA) is 84.7 Å². The molecule has 3 aliphatic rings. The molecular formula is C14H24ClN3O3. The molecule has 0 spiro atoms. The Hall–Kier alpha value is -0.850. The number of nitrogens with one attached hydrogen (secondary N) is 1. The number of carbonyl (C=O) groups is 2. The first-order chi connectivity index (χ1) is 9.39. The molecule has 21 heavy (non-hydrogen) atoms. The summed E-state index contributed by atoms with van der Waals surface area (Å²) in [5, 5.41) is 2.73. The highest BCUT2D eigenvalue weighted by atomic mass is 35.5. The predicted octanol–water partition coefficient (Wildman–Crippen LogP) is -0.101. The number of amides is 2. The minimum absolute atomic E-state index is 0. The second-order valence-electron chi connectivity index (χ2n) is 6.71. The number of hydrogen-bond acceptors (Lipinski definition) is 4. The van der Waals surface area contributed by atoms with E-state index in [1.807, 2.05) is 13.8 Å². The van der Waals surface area contributed by atoms with E-state index in [4.69, 9.17) is 10.5 Å². The van der Waals surface area contributed by atoms with Gasteiger partial charge in [0.15, 0.2) is 0 Å². The van der Waals surface area contributed by atoms with Gasteiger partial charge in [-0.05, 0) is 12.8 Å². The molecule has 2 saturated heterocycles. The predicted molar refractivity (Wildman–Crippen MR) is 80.0 cm³/mol. The van der Waals surface area contributed by atoms with Crippen LogP contribution in [0.5, 0.6) is 0 Å². The monoisotopic (exact) mass is 317 g/mol. The van der Waals surface area contributed by atoms with Gasteiger partial charge in [-0.25, -0.2) is 0 Å². The Morgan fingerprint density at radius 3 is 2.86 bits per heavy atom. The average molecular weight is 318 g/mol. The molecule has 2 heterocycles. The Kier molecular flexibility index (Phi) is 4.26. The molecule has 2 amide bonds. The number of fused-ring (bicyclic) bond motifs is 1. The van der Waals surface area contributed by atoms with Gasteiger partial charge in [0.05, 0.1) is 12.6 Å². The van der Waals surface area contributed by atoms with Gasteiger partial charge in [0.25, 0.3) is 0 Å². The molecule has 0 bridgehead atoms. The largest absolute Gasteiger partial charge is 0.377 e. The number of rotatable bonds is 1. The molecule has 3 fully saturated rings. The molecule has 0 aromatic rings. The molecule has 3 rings (SSSR count). The normalized spacial score (nSPS) is 37.7. The van der Waals surface area contributed by atoms with E-state index in [1.165, 1.54) is 0 Å². The van der Waals surface area contributed by atoms with Gasteiger partial charge in [-0.15, -0.1) is 12.4 Å². The third-order valence-corrected chi connectivity index (χ3v) is 5.36. The maximum absolute atomic E-state index is 12.9. The van der Waals surface area contributed by atoms with Crippen LogP contribution >= 0.6 is 12.4 Å². The van der Waals surface area contributed by atoms with Crippen LogP contribution in [0.3, 0.4) is 0 Å². The van der Waals surface area contributed by atoms with Gasteiger partial charge >= 0.3 is 0 Å². The van der Waals surface area contributed by atoms with E-state index < -0.39 is 5.54 Å². The molecule has 0 radical (unpaired) electrons. The Bertz CT molecular complexity index is 457. The van der Waals surface area contributed by atoms with Crippen LogP contribution in [0, 0.1) is 11.3 Å². The van der Waals surface area contributed by atoms with Gasteiger partial charge < -0.3 is 20.7 Å². The highest BCUT2D eigenvalue weighted by molar-refractivity contribution is 5.93. The number of nitrogens with zero attached hydrogens (tertiary/aromatic N) is 1. The van der Waals surface area contributed by atoms with Crippen LogP contribution in [0.1, 0.15) is 26.7 Å². The maximum Gasteiger partial charge on any atom is 0.244 e. The SMILES string of the molecule is CC1(C)C2OCCCC2C1(N)C(=O)N1CCNC(=O)C1.Cl. The fourth-order valence-electron chi connectivity index (χ4n) is 4.08. The Labute approximate surface area is 131 Å². The summed E-state index contributed by atoms with van der Waals surface area (Å²) in [5.41, 5.74) is 5.26. The van der Waals surface area contributed by atoms with E-state index >= 15 is 0 Å². The fraction of sp³-hybridized carbons (Fsp3) is 0.857. The highest BCUT2D eigenvalue weighted by Gasteiger charge is 2.70. The van der Waals surface area contributed by atoms with Crippen molar-refractivity contribution in [2.45, 2.75) is 38.3 Å². The minimum atomic E-state index is -0.907. The van der Waals surface area contributed by atoms with E-state index in [-0.39, 0.29) is 48.2 Å². The van der Waals surface area contributed by atoms with Crippen molar-refractivity contribution >= 4 is 24.2 Å². The zero-order chi connectivity index (χ0) is 14.5. The van der Waals surface area contributed by atoms with Crippen LogP contribution in [0.4, 0.5) is 0 Å². The minimum Gasteiger partial charge on any atom is -0.377 e. The molecule has 3 N–H and O–H groups in total. The molecule has 3 atom stereocenters. The molecule has 0 aromatic heterocycles. The van der Waals surface area contributed by atoms with Gasteiger partial charge in [0.1, 0.15) is 5.54 Å². The zero-order valence-electron chi connectivity index (χ0n) is 12.6. The maximum atomic E-state index is 12.9. The lowest BCUT2D eigenvalue weighted by atomic mass is 9.46. The number of hydrogen-bond donors (Lipinski definition) is 2. The molecule has 2 aliphatic heterocycles. The lowest BCUT2D eigenvalue weighted by Crippen LogP contribution is -2.83. The number of piperazine rings is 1. The molecule has 120 valence electrons. The van der Waals surface area contributed by atoms with Gasteiger partial charge in [-0.2, -0.15) is 0 Å². The summed E-state index contributed by atoms with van der Waals surface area (Å²) in [5.74, 6) is -0.130. The third kappa shape index (κ3) is 2.15. The first-order valence-corrected chi connectivity index (χ1v) is 7.35. The van der Waals surface area contributed by atoms with Gasteiger partial charge in [-0.1, -0.05) is 13.8 Å². The van der Waals surface area contributed by atoms with Gasteiger partial charge in [0, 0.05) is 31.0 Å². The number of nitrogens with two attached hydrogens (primary N) is 1. The first kappa shape index (κ1) is 16.5. The van der Waals surface area contributed by atoms with Crippen molar-refractivity contribution in [2.24, 2.45) is 17.1 Å². The second-order valence-corrected chi connectivity index (χ2v) is 6.71. The second kappa shape index (κ2) is 5.41. The molecule has 1 aliphatic carbocycles. The summed E-state index contributed by atoms with van der Waals surface area (Å²) in [6.07, 6.45) is 1.93. The van der Waals surface area contributed by atoms with Crippen LogP contribution in [-0.2, 0) is 14.3 Å². The Morgan fingerprint density at radius 1 is 1.48 bits per heavy atom. The summed E-state index contributed by atoms with van der Waals surface area (Å²) in [6, 6.07) is 0. The first-order valence-electron chi connectivity index (χ1n) is 7.35. The van der Waals surface area contributed by atoms with Crippen LogP contribution < -0.4 is 11.1 Å². The number of ether oxygens (including phenoxy) is 1. The van der Waals surface area contributed by atoms with E-state index in [1.54, 1.807) is 4.90 Å². The van der Waals surface area contributed by atoms with Crippen LogP contribution in [0.2, 0.25) is 0 Å². The van der Waals surface area contributed by atoms with Crippen LogP contribution in [-0.4, -0.2) is 54.6 Å². The van der Waals surface area contributed by atoms with E-state index in [9.17, 15) is 9.59 Å². The molecular weight excluding hydrogens is 294 g/mol. The van der Waals surface area contributed by atoms with Crippen molar-refractivity contribution in [1.82, 2.24) is 10.2 Å². The molecule has 3 unspecified atom stereocenters. The summed E-state index contributed by atoms with van der Waals surface area (Å²) in [4.78, 5) is 26.0. The number of carbonyl (C=O) groups excluding carboxylic acids is 2. The van der Waals surface area contributed by atoms with Crippen molar-refractivity contribution in [2.75, 3.05) is 26.2 Å². The third-order valence-electron chi connectivity index (χ3n) is 5.36. The Balaban J connectivity index is 0.00000161. The molecule has 0 aromatic carbocycles. The van der Waals surface area contributed by atoms with Gasteiger partial charge in [-0.3, -0.25) is 9.59 Å².